The first-order valence-corrected chi connectivity index (χ1v) is 7.86. The zero-order valence-corrected chi connectivity index (χ0v) is 12.2. The minimum Gasteiger partial charge on any atom is -0.355 e. The molecule has 7 heteroatoms. The minimum atomic E-state index is -3.85. The van der Waals surface area contributed by atoms with Crippen molar-refractivity contribution in [3.63, 3.8) is 0 Å². The molecule has 0 radical (unpaired) electrons. The van der Waals surface area contributed by atoms with Gasteiger partial charge < -0.3 is 5.32 Å². The monoisotopic (exact) mass is 300 g/mol. The van der Waals surface area contributed by atoms with Crippen LogP contribution in [-0.4, -0.2) is 26.9 Å². The van der Waals surface area contributed by atoms with Crippen LogP contribution in [0.2, 0.25) is 0 Å². The van der Waals surface area contributed by atoms with E-state index in [0.717, 1.165) is 6.42 Å². The quantitative estimate of drug-likeness (QED) is 0.874. The lowest BCUT2D eigenvalue weighted by Crippen LogP contribution is -2.50. The van der Waals surface area contributed by atoms with Gasteiger partial charge in [0.05, 0.1) is 4.90 Å². The third-order valence-corrected chi connectivity index (χ3v) is 5.05. The molecule has 1 saturated heterocycles. The molecule has 1 unspecified atom stereocenters. The summed E-state index contributed by atoms with van der Waals surface area (Å²) in [6.07, 6.45) is 1.19. The van der Waals surface area contributed by atoms with Gasteiger partial charge in [-0.25, -0.2) is 12.8 Å². The van der Waals surface area contributed by atoms with Crippen LogP contribution >= 0.6 is 0 Å². The number of piperidine rings is 1. The summed E-state index contributed by atoms with van der Waals surface area (Å²) in [5.74, 6) is -0.799. The SMILES string of the molecule is Cc1cc(F)cc(C)c1S(=O)(=O)NC1CCCNC1=O. The third kappa shape index (κ3) is 2.99. The van der Waals surface area contributed by atoms with Crippen LogP contribution in [-0.2, 0) is 14.8 Å². The molecule has 5 nitrogen and oxygen atoms in total. The predicted octanol–water partition coefficient (Wildman–Crippen LogP) is 0.999. The maximum absolute atomic E-state index is 13.2. The summed E-state index contributed by atoms with van der Waals surface area (Å²) in [6.45, 7) is 3.63. The molecule has 1 fully saturated rings. The van der Waals surface area contributed by atoms with E-state index in [-0.39, 0.29) is 10.8 Å². The summed E-state index contributed by atoms with van der Waals surface area (Å²) in [5.41, 5.74) is 0.650. The van der Waals surface area contributed by atoms with Crippen LogP contribution in [0.15, 0.2) is 17.0 Å². The molecule has 20 heavy (non-hydrogen) atoms. The molecular formula is C13H17FN2O3S. The lowest BCUT2D eigenvalue weighted by atomic mass is 10.1. The van der Waals surface area contributed by atoms with Crippen LogP contribution in [0.5, 0.6) is 0 Å². The van der Waals surface area contributed by atoms with E-state index in [2.05, 4.69) is 10.0 Å². The molecule has 0 aliphatic carbocycles. The van der Waals surface area contributed by atoms with Crippen molar-refractivity contribution < 1.29 is 17.6 Å². The fourth-order valence-electron chi connectivity index (χ4n) is 2.45. The van der Waals surface area contributed by atoms with Gasteiger partial charge in [0.15, 0.2) is 0 Å². The van der Waals surface area contributed by atoms with Crippen molar-refractivity contribution in [2.75, 3.05) is 6.54 Å². The number of aryl methyl sites for hydroxylation is 2. The van der Waals surface area contributed by atoms with Gasteiger partial charge in [-0.05, 0) is 49.9 Å². The van der Waals surface area contributed by atoms with E-state index in [0.29, 0.717) is 24.1 Å². The van der Waals surface area contributed by atoms with Crippen LogP contribution in [0.4, 0.5) is 4.39 Å². The second-order valence-corrected chi connectivity index (χ2v) is 6.63. The summed E-state index contributed by atoms with van der Waals surface area (Å²) >= 11 is 0. The van der Waals surface area contributed by atoms with Gasteiger partial charge in [0, 0.05) is 6.54 Å². The highest BCUT2D eigenvalue weighted by molar-refractivity contribution is 7.89. The Balaban J connectivity index is 2.33. The number of sulfonamides is 1. The van der Waals surface area contributed by atoms with E-state index in [1.807, 2.05) is 0 Å². The first-order chi connectivity index (χ1) is 9.31. The fraction of sp³-hybridized carbons (Fsp3) is 0.462. The Kier molecular flexibility index (Phi) is 4.10. The average molecular weight is 300 g/mol. The van der Waals surface area contributed by atoms with Crippen molar-refractivity contribution in [1.82, 2.24) is 10.0 Å². The van der Waals surface area contributed by atoms with Gasteiger partial charge >= 0.3 is 0 Å². The lowest BCUT2D eigenvalue weighted by Gasteiger charge is -2.23. The van der Waals surface area contributed by atoms with Gasteiger partial charge in [-0.3, -0.25) is 4.79 Å². The Labute approximate surface area is 117 Å². The Bertz CT molecular complexity index is 620. The third-order valence-electron chi connectivity index (χ3n) is 3.28. The van der Waals surface area contributed by atoms with Crippen LogP contribution in [0.3, 0.4) is 0 Å². The molecule has 1 aliphatic rings. The molecule has 0 saturated carbocycles. The van der Waals surface area contributed by atoms with Gasteiger partial charge in [0.2, 0.25) is 15.9 Å². The molecule has 0 bridgehead atoms. The molecule has 110 valence electrons. The smallest absolute Gasteiger partial charge is 0.241 e. The molecule has 2 rings (SSSR count). The number of benzene rings is 1. The van der Waals surface area contributed by atoms with Crippen molar-refractivity contribution in [3.05, 3.63) is 29.1 Å². The van der Waals surface area contributed by atoms with Crippen molar-refractivity contribution in [2.45, 2.75) is 37.6 Å². The summed E-state index contributed by atoms with van der Waals surface area (Å²) in [4.78, 5) is 11.7. The van der Waals surface area contributed by atoms with E-state index in [4.69, 9.17) is 0 Å². The number of nitrogens with one attached hydrogen (secondary N) is 2. The highest BCUT2D eigenvalue weighted by Crippen LogP contribution is 2.22. The second kappa shape index (κ2) is 5.49. The van der Waals surface area contributed by atoms with Crippen LogP contribution < -0.4 is 10.0 Å². The number of rotatable bonds is 3. The Morgan fingerprint density at radius 1 is 1.30 bits per heavy atom. The van der Waals surface area contributed by atoms with Crippen LogP contribution in [0.1, 0.15) is 24.0 Å². The Morgan fingerprint density at radius 2 is 1.90 bits per heavy atom. The average Bonchev–Trinajstić information content (AvgIpc) is 2.30. The van der Waals surface area contributed by atoms with E-state index in [1.54, 1.807) is 0 Å². The molecule has 0 spiro atoms. The molecular weight excluding hydrogens is 283 g/mol. The van der Waals surface area contributed by atoms with Gasteiger partial charge in [0.1, 0.15) is 11.9 Å². The lowest BCUT2D eigenvalue weighted by molar-refractivity contribution is -0.124. The number of halogens is 1. The van der Waals surface area contributed by atoms with E-state index >= 15 is 0 Å². The number of hydrogen-bond acceptors (Lipinski definition) is 3. The van der Waals surface area contributed by atoms with E-state index in [1.165, 1.54) is 26.0 Å². The topological polar surface area (TPSA) is 75.3 Å². The molecule has 2 N–H and O–H groups in total. The van der Waals surface area contributed by atoms with E-state index in [9.17, 15) is 17.6 Å². The summed E-state index contributed by atoms with van der Waals surface area (Å²) in [6, 6.07) is 1.57. The van der Waals surface area contributed by atoms with Crippen LogP contribution in [0, 0.1) is 19.7 Å². The van der Waals surface area contributed by atoms with Gasteiger partial charge in [0.25, 0.3) is 0 Å². The van der Waals surface area contributed by atoms with Gasteiger partial charge in [-0.1, -0.05) is 0 Å². The summed E-state index contributed by atoms with van der Waals surface area (Å²) < 4.78 is 40.4. The number of carbonyl (C=O) groups is 1. The number of amides is 1. The van der Waals surface area contributed by atoms with Gasteiger partial charge in [-0.15, -0.1) is 0 Å². The Hall–Kier alpha value is -1.47. The van der Waals surface area contributed by atoms with Gasteiger partial charge in [-0.2, -0.15) is 4.72 Å². The molecule has 1 heterocycles. The first kappa shape index (κ1) is 14.9. The number of carbonyl (C=O) groups excluding carboxylic acids is 1. The second-order valence-electron chi connectivity index (χ2n) is 4.98. The van der Waals surface area contributed by atoms with Crippen molar-refractivity contribution >= 4 is 15.9 Å². The standard InChI is InChI=1S/C13H17FN2O3S/c1-8-6-10(14)7-9(2)12(8)20(18,19)16-11-4-3-5-15-13(11)17/h6-7,11,16H,3-5H2,1-2H3,(H,15,17). The largest absolute Gasteiger partial charge is 0.355 e. The van der Waals surface area contributed by atoms with Crippen LogP contribution in [0.25, 0.3) is 0 Å². The predicted molar refractivity (Wildman–Crippen MR) is 72.2 cm³/mol. The molecule has 1 amide bonds. The Morgan fingerprint density at radius 3 is 2.45 bits per heavy atom. The number of hydrogen-bond donors (Lipinski definition) is 2. The minimum absolute atomic E-state index is 0.0391. The maximum atomic E-state index is 13.2. The molecule has 1 atom stereocenters. The van der Waals surface area contributed by atoms with E-state index < -0.39 is 21.9 Å². The zero-order chi connectivity index (χ0) is 14.9. The first-order valence-electron chi connectivity index (χ1n) is 6.38. The summed E-state index contributed by atoms with van der Waals surface area (Å²) in [5, 5.41) is 2.62. The highest BCUT2D eigenvalue weighted by atomic mass is 32.2. The summed E-state index contributed by atoms with van der Waals surface area (Å²) in [7, 11) is -3.85. The maximum Gasteiger partial charge on any atom is 0.241 e. The fourth-order valence-corrected chi connectivity index (χ4v) is 4.13. The molecule has 1 aromatic carbocycles. The van der Waals surface area contributed by atoms with Crippen molar-refractivity contribution in [1.29, 1.82) is 0 Å². The molecule has 1 aliphatic heterocycles. The molecule has 0 aromatic heterocycles. The van der Waals surface area contributed by atoms with Crippen molar-refractivity contribution in [3.8, 4) is 0 Å². The van der Waals surface area contributed by atoms with Crippen molar-refractivity contribution in [2.24, 2.45) is 0 Å². The highest BCUT2D eigenvalue weighted by Gasteiger charge is 2.29. The molecule has 1 aromatic rings. The zero-order valence-electron chi connectivity index (χ0n) is 11.4. The normalized spacial score (nSPS) is 19.8.